The number of aryl methyl sites for hydroxylation is 1. The number of nitrogens with two attached hydrogens (primary N) is 1. The van der Waals surface area contributed by atoms with Gasteiger partial charge in [0.15, 0.2) is 0 Å². The van der Waals surface area contributed by atoms with E-state index in [1.165, 1.54) is 17.9 Å². The molecule has 2 N–H and O–H groups in total. The Morgan fingerprint density at radius 1 is 1.53 bits per heavy atom. The predicted octanol–water partition coefficient (Wildman–Crippen LogP) is -0.663. The number of anilines is 1. The molecule has 1 aromatic heterocycles. The quantitative estimate of drug-likeness (QED) is 0.722. The summed E-state index contributed by atoms with van der Waals surface area (Å²) in [6, 6.07) is -0.329. The first kappa shape index (κ1) is 11.5. The molecule has 1 unspecified atom stereocenters. The molecule has 1 heterocycles. The van der Waals surface area contributed by atoms with Crippen LogP contribution in [0.1, 0.15) is 13.0 Å². The minimum absolute atomic E-state index is 0.0556. The van der Waals surface area contributed by atoms with E-state index in [2.05, 4.69) is 0 Å². The Kier molecular flexibility index (Phi) is 3.31. The lowest BCUT2D eigenvalue weighted by molar-refractivity contribution is 0.158. The monoisotopic (exact) mass is 213 g/mol. The van der Waals surface area contributed by atoms with Gasteiger partial charge in [-0.2, -0.15) is 0 Å². The highest BCUT2D eigenvalue weighted by Crippen LogP contribution is 1.99. The lowest BCUT2D eigenvalue weighted by atomic mass is 10.3. The fourth-order valence-electron chi connectivity index (χ4n) is 1.42. The molecule has 0 aliphatic heterocycles. The maximum Gasteiger partial charge on any atom is 0.331 e. The molecular formula is C9H15N3O3. The molecule has 0 aromatic carbocycles. The van der Waals surface area contributed by atoms with Crippen molar-refractivity contribution in [1.29, 1.82) is 0 Å². The second-order valence-corrected chi connectivity index (χ2v) is 3.46. The zero-order chi connectivity index (χ0) is 11.6. The van der Waals surface area contributed by atoms with Gasteiger partial charge >= 0.3 is 5.69 Å². The summed E-state index contributed by atoms with van der Waals surface area (Å²) in [7, 11) is 3.06. The Balaban J connectivity index is 3.40. The Labute approximate surface area is 86.9 Å². The van der Waals surface area contributed by atoms with Gasteiger partial charge in [-0.3, -0.25) is 9.36 Å². The van der Waals surface area contributed by atoms with Crippen LogP contribution < -0.4 is 17.0 Å². The van der Waals surface area contributed by atoms with Gasteiger partial charge in [0.1, 0.15) is 5.69 Å². The summed E-state index contributed by atoms with van der Waals surface area (Å²) in [5.74, 6) is 0. The van der Waals surface area contributed by atoms with Crippen molar-refractivity contribution in [1.82, 2.24) is 9.13 Å². The standard InChI is InChI=1S/C9H15N3O3/c1-6(5-15-3)12-8(13)7(10)4-11(2)9(12)14/h4,6H,5,10H2,1-3H3. The van der Waals surface area contributed by atoms with E-state index in [9.17, 15) is 9.59 Å². The molecule has 0 aliphatic carbocycles. The summed E-state index contributed by atoms with van der Waals surface area (Å²) in [5, 5.41) is 0. The van der Waals surface area contributed by atoms with Gasteiger partial charge in [-0.25, -0.2) is 4.79 Å². The average molecular weight is 213 g/mol. The summed E-state index contributed by atoms with van der Waals surface area (Å²) in [6.45, 7) is 2.02. The van der Waals surface area contributed by atoms with E-state index in [0.717, 1.165) is 4.57 Å². The van der Waals surface area contributed by atoms with Crippen molar-refractivity contribution in [3.05, 3.63) is 27.0 Å². The fraction of sp³-hybridized carbons (Fsp3) is 0.556. The highest BCUT2D eigenvalue weighted by molar-refractivity contribution is 5.31. The Morgan fingerprint density at radius 2 is 2.13 bits per heavy atom. The van der Waals surface area contributed by atoms with Crippen molar-refractivity contribution < 1.29 is 4.74 Å². The fourth-order valence-corrected chi connectivity index (χ4v) is 1.42. The first-order valence-electron chi connectivity index (χ1n) is 4.55. The molecular weight excluding hydrogens is 198 g/mol. The second-order valence-electron chi connectivity index (χ2n) is 3.46. The van der Waals surface area contributed by atoms with Crippen molar-refractivity contribution >= 4 is 5.69 Å². The molecule has 0 amide bonds. The summed E-state index contributed by atoms with van der Waals surface area (Å²) in [4.78, 5) is 23.3. The normalized spacial score (nSPS) is 12.7. The number of hydrogen-bond acceptors (Lipinski definition) is 4. The molecule has 1 rings (SSSR count). The summed E-state index contributed by atoms with van der Waals surface area (Å²) < 4.78 is 7.28. The number of nitrogens with zero attached hydrogens (tertiary/aromatic N) is 2. The lowest BCUT2D eigenvalue weighted by Crippen LogP contribution is -2.42. The van der Waals surface area contributed by atoms with Crippen molar-refractivity contribution in [2.45, 2.75) is 13.0 Å². The third kappa shape index (κ3) is 2.10. The molecule has 0 aliphatic rings. The molecule has 0 fully saturated rings. The molecule has 1 atom stereocenters. The van der Waals surface area contributed by atoms with Crippen LogP contribution in [0.5, 0.6) is 0 Å². The molecule has 0 radical (unpaired) electrons. The molecule has 1 aromatic rings. The average Bonchev–Trinajstić information content (AvgIpc) is 2.16. The zero-order valence-corrected chi connectivity index (χ0v) is 9.06. The maximum atomic E-state index is 11.7. The van der Waals surface area contributed by atoms with Crippen LogP contribution in [-0.4, -0.2) is 22.9 Å². The van der Waals surface area contributed by atoms with E-state index < -0.39 is 11.2 Å². The molecule has 0 spiro atoms. The van der Waals surface area contributed by atoms with Crippen LogP contribution in [0.25, 0.3) is 0 Å². The first-order chi connectivity index (χ1) is 6.99. The van der Waals surface area contributed by atoms with Crippen LogP contribution in [0.3, 0.4) is 0 Å². The molecule has 6 heteroatoms. The summed E-state index contributed by atoms with van der Waals surface area (Å²) >= 11 is 0. The minimum Gasteiger partial charge on any atom is -0.393 e. The van der Waals surface area contributed by atoms with Gasteiger partial charge in [0, 0.05) is 20.4 Å². The second kappa shape index (κ2) is 4.31. The van der Waals surface area contributed by atoms with Crippen molar-refractivity contribution in [2.24, 2.45) is 7.05 Å². The van der Waals surface area contributed by atoms with Gasteiger partial charge in [-0.05, 0) is 6.92 Å². The number of methoxy groups -OCH3 is 1. The zero-order valence-electron chi connectivity index (χ0n) is 9.06. The van der Waals surface area contributed by atoms with E-state index in [1.807, 2.05) is 0 Å². The van der Waals surface area contributed by atoms with Crippen molar-refractivity contribution in [3.63, 3.8) is 0 Å². The third-order valence-electron chi connectivity index (χ3n) is 2.15. The van der Waals surface area contributed by atoms with Crippen LogP contribution in [0, 0.1) is 0 Å². The van der Waals surface area contributed by atoms with Crippen LogP contribution in [-0.2, 0) is 11.8 Å². The van der Waals surface area contributed by atoms with Crippen molar-refractivity contribution in [3.8, 4) is 0 Å². The van der Waals surface area contributed by atoms with E-state index in [4.69, 9.17) is 10.5 Å². The number of nitrogen functional groups attached to an aromatic ring is 1. The highest BCUT2D eigenvalue weighted by Gasteiger charge is 2.13. The van der Waals surface area contributed by atoms with Gasteiger partial charge in [-0.15, -0.1) is 0 Å². The highest BCUT2D eigenvalue weighted by atomic mass is 16.5. The Bertz CT molecular complexity index is 426. The SMILES string of the molecule is COCC(C)n1c(=O)c(N)cn(C)c1=O. The molecule has 0 saturated heterocycles. The lowest BCUT2D eigenvalue weighted by Gasteiger charge is -2.14. The van der Waals surface area contributed by atoms with Crippen molar-refractivity contribution in [2.75, 3.05) is 19.5 Å². The Hall–Kier alpha value is -1.56. The largest absolute Gasteiger partial charge is 0.393 e. The minimum atomic E-state index is -0.470. The molecule has 0 saturated carbocycles. The van der Waals surface area contributed by atoms with Crippen LogP contribution >= 0.6 is 0 Å². The van der Waals surface area contributed by atoms with E-state index in [0.29, 0.717) is 6.61 Å². The van der Waals surface area contributed by atoms with Crippen LogP contribution in [0.4, 0.5) is 5.69 Å². The topological polar surface area (TPSA) is 79.2 Å². The van der Waals surface area contributed by atoms with Gasteiger partial charge in [-0.1, -0.05) is 0 Å². The first-order valence-corrected chi connectivity index (χ1v) is 4.55. The van der Waals surface area contributed by atoms with E-state index in [-0.39, 0.29) is 11.7 Å². The van der Waals surface area contributed by atoms with Crippen LogP contribution in [0.2, 0.25) is 0 Å². The van der Waals surface area contributed by atoms with Gasteiger partial charge in [0.25, 0.3) is 5.56 Å². The molecule has 84 valence electrons. The number of aromatic nitrogens is 2. The van der Waals surface area contributed by atoms with E-state index >= 15 is 0 Å². The molecule has 0 bridgehead atoms. The summed E-state index contributed by atoms with van der Waals surface area (Å²) in [6.07, 6.45) is 1.32. The van der Waals surface area contributed by atoms with E-state index in [1.54, 1.807) is 14.0 Å². The Morgan fingerprint density at radius 3 is 2.67 bits per heavy atom. The smallest absolute Gasteiger partial charge is 0.331 e. The molecule has 15 heavy (non-hydrogen) atoms. The predicted molar refractivity (Wildman–Crippen MR) is 56.9 cm³/mol. The van der Waals surface area contributed by atoms with Crippen LogP contribution in [0.15, 0.2) is 15.8 Å². The number of ether oxygens (including phenoxy) is 1. The molecule has 6 nitrogen and oxygen atoms in total. The number of hydrogen-bond donors (Lipinski definition) is 1. The maximum absolute atomic E-state index is 11.7. The van der Waals surface area contributed by atoms with Gasteiger partial charge in [0.05, 0.1) is 12.6 Å². The van der Waals surface area contributed by atoms with Gasteiger partial charge < -0.3 is 15.0 Å². The number of rotatable bonds is 3. The third-order valence-corrected chi connectivity index (χ3v) is 2.15. The van der Waals surface area contributed by atoms with Gasteiger partial charge in [0.2, 0.25) is 0 Å². The summed E-state index contributed by atoms with van der Waals surface area (Å²) in [5.41, 5.74) is 4.69.